The minimum atomic E-state index is -0.555. The van der Waals surface area contributed by atoms with Crippen LogP contribution >= 0.6 is 0 Å². The summed E-state index contributed by atoms with van der Waals surface area (Å²) in [5, 5.41) is 12.3. The molecule has 4 nitrogen and oxygen atoms in total. The molecule has 1 fully saturated rings. The summed E-state index contributed by atoms with van der Waals surface area (Å²) in [5.41, 5.74) is 0.901. The quantitative estimate of drug-likeness (QED) is 0.794. The van der Waals surface area contributed by atoms with Gasteiger partial charge in [0.2, 0.25) is 0 Å². The number of nitrogens with one attached hydrogen (secondary N) is 1. The van der Waals surface area contributed by atoms with Crippen molar-refractivity contribution in [2.75, 3.05) is 6.61 Å². The SMILES string of the molecule is O=C(N[C@@H]1C=C[C@H](CO)C1)C(OC1CCCC1)c1ccccc1. The zero-order chi connectivity index (χ0) is 16.1. The first kappa shape index (κ1) is 16.2. The van der Waals surface area contributed by atoms with Crippen LogP contribution in [0.4, 0.5) is 0 Å². The summed E-state index contributed by atoms with van der Waals surface area (Å²) in [7, 11) is 0. The van der Waals surface area contributed by atoms with Crippen molar-refractivity contribution >= 4 is 5.91 Å². The lowest BCUT2D eigenvalue weighted by molar-refractivity contribution is -0.137. The lowest BCUT2D eigenvalue weighted by Gasteiger charge is -2.23. The second-order valence-electron chi connectivity index (χ2n) is 6.51. The van der Waals surface area contributed by atoms with E-state index in [4.69, 9.17) is 4.74 Å². The molecule has 0 aliphatic heterocycles. The predicted octanol–water partition coefficient (Wildman–Crippen LogP) is 2.74. The number of hydrogen-bond donors (Lipinski definition) is 2. The molecule has 3 rings (SSSR count). The minimum Gasteiger partial charge on any atom is -0.396 e. The maximum Gasteiger partial charge on any atom is 0.254 e. The Balaban J connectivity index is 1.67. The molecule has 3 atom stereocenters. The van der Waals surface area contributed by atoms with Crippen molar-refractivity contribution < 1.29 is 14.6 Å². The van der Waals surface area contributed by atoms with Crippen molar-refractivity contribution in [2.24, 2.45) is 5.92 Å². The molecule has 0 saturated heterocycles. The third kappa shape index (κ3) is 4.21. The van der Waals surface area contributed by atoms with E-state index in [-0.39, 0.29) is 30.6 Å². The van der Waals surface area contributed by atoms with E-state index in [2.05, 4.69) is 5.32 Å². The van der Waals surface area contributed by atoms with Crippen LogP contribution in [0.15, 0.2) is 42.5 Å². The molecular formula is C19H25NO3. The third-order valence-electron chi connectivity index (χ3n) is 4.71. The fraction of sp³-hybridized carbons (Fsp3) is 0.526. The molecule has 1 aromatic rings. The Hall–Kier alpha value is -1.65. The van der Waals surface area contributed by atoms with E-state index in [9.17, 15) is 9.90 Å². The summed E-state index contributed by atoms with van der Waals surface area (Å²) in [6.45, 7) is 0.129. The van der Waals surface area contributed by atoms with Crippen LogP contribution in [-0.2, 0) is 9.53 Å². The van der Waals surface area contributed by atoms with Crippen LogP contribution in [0.5, 0.6) is 0 Å². The fourth-order valence-corrected chi connectivity index (χ4v) is 3.41. The molecule has 23 heavy (non-hydrogen) atoms. The van der Waals surface area contributed by atoms with Crippen molar-refractivity contribution in [3.8, 4) is 0 Å². The van der Waals surface area contributed by atoms with Crippen LogP contribution in [0.2, 0.25) is 0 Å². The summed E-state index contributed by atoms with van der Waals surface area (Å²) >= 11 is 0. The number of carbonyl (C=O) groups is 1. The lowest BCUT2D eigenvalue weighted by atomic mass is 10.1. The van der Waals surface area contributed by atoms with E-state index in [1.54, 1.807) is 0 Å². The van der Waals surface area contributed by atoms with E-state index in [1.807, 2.05) is 42.5 Å². The van der Waals surface area contributed by atoms with Gasteiger partial charge in [-0.2, -0.15) is 0 Å². The molecule has 1 aromatic carbocycles. The van der Waals surface area contributed by atoms with Crippen molar-refractivity contribution in [3.63, 3.8) is 0 Å². The van der Waals surface area contributed by atoms with Gasteiger partial charge in [0.15, 0.2) is 6.10 Å². The molecule has 0 radical (unpaired) electrons. The van der Waals surface area contributed by atoms with Crippen LogP contribution in [0.3, 0.4) is 0 Å². The van der Waals surface area contributed by atoms with Crippen LogP contribution < -0.4 is 5.32 Å². The van der Waals surface area contributed by atoms with E-state index in [1.165, 1.54) is 12.8 Å². The normalized spacial score (nSPS) is 25.6. The first-order valence-corrected chi connectivity index (χ1v) is 8.56. The molecule has 1 unspecified atom stereocenters. The van der Waals surface area contributed by atoms with Gasteiger partial charge in [-0.3, -0.25) is 4.79 Å². The third-order valence-corrected chi connectivity index (χ3v) is 4.71. The van der Waals surface area contributed by atoms with E-state index in [0.29, 0.717) is 0 Å². The first-order chi connectivity index (χ1) is 11.3. The van der Waals surface area contributed by atoms with Crippen LogP contribution in [0, 0.1) is 5.92 Å². The summed E-state index contributed by atoms with van der Waals surface area (Å²) in [6, 6.07) is 9.69. The van der Waals surface area contributed by atoms with Crippen LogP contribution in [-0.4, -0.2) is 29.8 Å². The number of benzene rings is 1. The fourth-order valence-electron chi connectivity index (χ4n) is 3.41. The molecule has 4 heteroatoms. The molecule has 1 amide bonds. The standard InChI is InChI=1S/C19H25NO3/c21-13-14-10-11-16(12-14)20-19(22)18(15-6-2-1-3-7-15)23-17-8-4-5-9-17/h1-3,6-7,10-11,14,16-18,21H,4-5,8-9,12-13H2,(H,20,22)/t14-,16+,18?/m0/s1. The van der Waals surface area contributed by atoms with Crippen molar-refractivity contribution in [3.05, 3.63) is 48.0 Å². The number of hydrogen-bond acceptors (Lipinski definition) is 3. The second kappa shape index (κ2) is 7.75. The lowest BCUT2D eigenvalue weighted by Crippen LogP contribution is -2.38. The molecule has 2 aliphatic rings. The molecule has 2 aliphatic carbocycles. The molecule has 124 valence electrons. The zero-order valence-electron chi connectivity index (χ0n) is 13.4. The van der Waals surface area contributed by atoms with Gasteiger partial charge in [0.1, 0.15) is 0 Å². The topological polar surface area (TPSA) is 58.6 Å². The minimum absolute atomic E-state index is 0.0157. The van der Waals surface area contributed by atoms with Crippen molar-refractivity contribution in [2.45, 2.75) is 50.4 Å². The molecule has 0 heterocycles. The highest BCUT2D eigenvalue weighted by molar-refractivity contribution is 5.82. The number of carbonyl (C=O) groups excluding carboxylic acids is 1. The van der Waals surface area contributed by atoms with E-state index >= 15 is 0 Å². The Morgan fingerprint density at radius 3 is 2.61 bits per heavy atom. The Kier molecular flexibility index (Phi) is 5.47. The number of aliphatic hydroxyl groups is 1. The van der Waals surface area contributed by atoms with Gasteiger partial charge in [0.25, 0.3) is 5.91 Å². The van der Waals surface area contributed by atoms with Gasteiger partial charge in [-0.15, -0.1) is 0 Å². The molecule has 2 N–H and O–H groups in total. The highest BCUT2D eigenvalue weighted by Crippen LogP contribution is 2.28. The number of rotatable bonds is 6. The van der Waals surface area contributed by atoms with E-state index < -0.39 is 6.10 Å². The predicted molar refractivity (Wildman–Crippen MR) is 88.8 cm³/mol. The van der Waals surface area contributed by atoms with Crippen LogP contribution in [0.1, 0.15) is 43.8 Å². The highest BCUT2D eigenvalue weighted by atomic mass is 16.5. The Morgan fingerprint density at radius 2 is 1.96 bits per heavy atom. The summed E-state index contributed by atoms with van der Waals surface area (Å²) in [5.74, 6) is 0.0579. The van der Waals surface area contributed by atoms with Gasteiger partial charge in [0.05, 0.1) is 6.10 Å². The maximum atomic E-state index is 12.7. The van der Waals surface area contributed by atoms with Crippen molar-refractivity contribution in [1.82, 2.24) is 5.32 Å². The van der Waals surface area contributed by atoms with Crippen LogP contribution in [0.25, 0.3) is 0 Å². The molecular weight excluding hydrogens is 290 g/mol. The summed E-state index contributed by atoms with van der Waals surface area (Å²) in [4.78, 5) is 12.7. The molecule has 0 spiro atoms. The molecule has 0 bridgehead atoms. The summed E-state index contributed by atoms with van der Waals surface area (Å²) in [6.07, 6.45) is 8.74. The van der Waals surface area contributed by atoms with Crippen molar-refractivity contribution in [1.29, 1.82) is 0 Å². The average Bonchev–Trinajstić information content (AvgIpc) is 3.24. The smallest absolute Gasteiger partial charge is 0.254 e. The first-order valence-electron chi connectivity index (χ1n) is 8.56. The largest absolute Gasteiger partial charge is 0.396 e. The monoisotopic (exact) mass is 315 g/mol. The van der Waals surface area contributed by atoms with Gasteiger partial charge >= 0.3 is 0 Å². The second-order valence-corrected chi connectivity index (χ2v) is 6.51. The van der Waals surface area contributed by atoms with Gasteiger partial charge in [-0.05, 0) is 24.8 Å². The summed E-state index contributed by atoms with van der Waals surface area (Å²) < 4.78 is 6.14. The highest BCUT2D eigenvalue weighted by Gasteiger charge is 2.29. The number of aliphatic hydroxyl groups excluding tert-OH is 1. The Labute approximate surface area is 137 Å². The van der Waals surface area contributed by atoms with Gasteiger partial charge in [-0.25, -0.2) is 0 Å². The molecule has 0 aromatic heterocycles. The average molecular weight is 315 g/mol. The van der Waals surface area contributed by atoms with Gasteiger partial charge < -0.3 is 15.2 Å². The Morgan fingerprint density at radius 1 is 1.22 bits per heavy atom. The maximum absolute atomic E-state index is 12.7. The molecule has 1 saturated carbocycles. The van der Waals surface area contributed by atoms with Gasteiger partial charge in [0, 0.05) is 18.6 Å². The zero-order valence-corrected chi connectivity index (χ0v) is 13.4. The Bertz CT molecular complexity index is 537. The number of ether oxygens (including phenoxy) is 1. The number of amides is 1. The van der Waals surface area contributed by atoms with E-state index in [0.717, 1.165) is 24.8 Å². The van der Waals surface area contributed by atoms with Gasteiger partial charge in [-0.1, -0.05) is 55.3 Å².